The third kappa shape index (κ3) is 6.62. The Bertz CT molecular complexity index is 869. The molecule has 2 aliphatic heterocycles. The number of halogens is 3. The van der Waals surface area contributed by atoms with Crippen molar-refractivity contribution in [2.75, 3.05) is 19.6 Å². The Morgan fingerprint density at radius 1 is 1.07 bits per heavy atom. The second-order valence-electron chi connectivity index (χ2n) is 6.45. The number of aliphatic hydroxyl groups is 1. The van der Waals surface area contributed by atoms with Gasteiger partial charge in [-0.05, 0) is 43.6 Å². The van der Waals surface area contributed by atoms with E-state index in [1.54, 1.807) is 30.6 Å². The van der Waals surface area contributed by atoms with Gasteiger partial charge in [0.15, 0.2) is 0 Å². The molecular formula is C21H28F3N5O. The van der Waals surface area contributed by atoms with Crippen molar-refractivity contribution in [2.45, 2.75) is 39.4 Å². The summed E-state index contributed by atoms with van der Waals surface area (Å²) in [4.78, 5) is 8.32. The average molecular weight is 423 g/mol. The summed E-state index contributed by atoms with van der Waals surface area (Å²) < 4.78 is 38.3. The zero-order valence-corrected chi connectivity index (χ0v) is 17.2. The average Bonchev–Trinajstić information content (AvgIpc) is 3.34. The van der Waals surface area contributed by atoms with Gasteiger partial charge in [0.25, 0.3) is 0 Å². The highest BCUT2D eigenvalue weighted by Crippen LogP contribution is 2.30. The molecule has 1 fully saturated rings. The third-order valence-corrected chi connectivity index (χ3v) is 4.38. The van der Waals surface area contributed by atoms with E-state index >= 15 is 0 Å². The Balaban J connectivity index is 0.000000393. The fourth-order valence-electron chi connectivity index (χ4n) is 2.88. The maximum atomic E-state index is 12.8. The van der Waals surface area contributed by atoms with Crippen LogP contribution in [0.2, 0.25) is 0 Å². The standard InChI is InChI=1S/C15H13F3N4O.C4H9N.C2H6/c16-15(17,18)10-7-19-8-13(14(10)23)22-6-9-1-2-11-12(5-9)21-4-3-20-11;1-2-4-5-3-1;1-2/h1-5,8,19,22-23H,6-7H2;5H,1-4H2;1-2H3. The summed E-state index contributed by atoms with van der Waals surface area (Å²) >= 11 is 0. The van der Waals surface area contributed by atoms with Gasteiger partial charge in [0, 0.05) is 31.7 Å². The molecule has 2 aromatic rings. The minimum atomic E-state index is -4.57. The maximum absolute atomic E-state index is 12.8. The molecule has 9 heteroatoms. The maximum Gasteiger partial charge on any atom is 0.418 e. The number of hydrogen-bond acceptors (Lipinski definition) is 6. The van der Waals surface area contributed by atoms with Crippen LogP contribution >= 0.6 is 0 Å². The first kappa shape index (κ1) is 23.5. The van der Waals surface area contributed by atoms with E-state index in [4.69, 9.17) is 0 Å². The molecule has 4 rings (SSSR count). The summed E-state index contributed by atoms with van der Waals surface area (Å²) in [5.41, 5.74) is 1.25. The summed E-state index contributed by atoms with van der Waals surface area (Å²) in [5, 5.41) is 18.3. The van der Waals surface area contributed by atoms with Crippen LogP contribution in [0.4, 0.5) is 13.2 Å². The fraction of sp³-hybridized carbons (Fsp3) is 0.429. The van der Waals surface area contributed by atoms with E-state index in [1.165, 1.54) is 32.1 Å². The number of aromatic nitrogens is 2. The molecule has 164 valence electrons. The van der Waals surface area contributed by atoms with E-state index in [0.717, 1.165) is 11.1 Å². The molecule has 0 aliphatic carbocycles. The van der Waals surface area contributed by atoms with Crippen molar-refractivity contribution in [3.63, 3.8) is 0 Å². The predicted octanol–water partition coefficient (Wildman–Crippen LogP) is 3.93. The van der Waals surface area contributed by atoms with E-state index in [2.05, 4.69) is 25.9 Å². The van der Waals surface area contributed by atoms with Crippen LogP contribution in [-0.4, -0.2) is 40.9 Å². The number of rotatable bonds is 3. The van der Waals surface area contributed by atoms with Crippen LogP contribution in [0.15, 0.2) is 53.8 Å². The summed E-state index contributed by atoms with van der Waals surface area (Å²) in [6.45, 7) is 6.29. The number of hydrogen-bond donors (Lipinski definition) is 4. The highest BCUT2D eigenvalue weighted by molar-refractivity contribution is 5.74. The molecule has 0 radical (unpaired) electrons. The van der Waals surface area contributed by atoms with Crippen molar-refractivity contribution in [1.82, 2.24) is 25.9 Å². The smallest absolute Gasteiger partial charge is 0.418 e. The van der Waals surface area contributed by atoms with Gasteiger partial charge in [-0.3, -0.25) is 9.97 Å². The summed E-state index contributed by atoms with van der Waals surface area (Å²) in [7, 11) is 0. The topological polar surface area (TPSA) is 82.1 Å². The van der Waals surface area contributed by atoms with Crippen LogP contribution in [0, 0.1) is 0 Å². The van der Waals surface area contributed by atoms with Gasteiger partial charge in [-0.1, -0.05) is 19.9 Å². The lowest BCUT2D eigenvalue weighted by molar-refractivity contribution is -0.0956. The van der Waals surface area contributed by atoms with Crippen LogP contribution in [0.3, 0.4) is 0 Å². The lowest BCUT2D eigenvalue weighted by Gasteiger charge is -2.21. The molecule has 0 bridgehead atoms. The van der Waals surface area contributed by atoms with Gasteiger partial charge in [-0.2, -0.15) is 13.2 Å². The van der Waals surface area contributed by atoms with Crippen LogP contribution in [0.5, 0.6) is 0 Å². The van der Waals surface area contributed by atoms with E-state index in [0.29, 0.717) is 5.52 Å². The van der Waals surface area contributed by atoms with Crippen molar-refractivity contribution >= 4 is 11.0 Å². The Kier molecular flexibility index (Phi) is 8.91. The Morgan fingerprint density at radius 2 is 1.73 bits per heavy atom. The molecule has 1 aromatic carbocycles. The number of nitrogens with one attached hydrogen (secondary N) is 3. The molecule has 1 aromatic heterocycles. The van der Waals surface area contributed by atoms with Gasteiger partial charge in [-0.25, -0.2) is 0 Å². The summed E-state index contributed by atoms with van der Waals surface area (Å²) in [6.07, 6.45) is 2.68. The SMILES string of the molecule is C1CCNC1.CC.OC1=C(C(F)(F)F)CNC=C1NCc1ccc2nccnc2c1. The Morgan fingerprint density at radius 3 is 2.33 bits per heavy atom. The zero-order valence-electron chi connectivity index (χ0n) is 17.2. The molecule has 30 heavy (non-hydrogen) atoms. The zero-order chi connectivity index (χ0) is 22.0. The Hall–Kier alpha value is -2.81. The van der Waals surface area contributed by atoms with Gasteiger partial charge in [0.05, 0.1) is 22.3 Å². The number of aliphatic hydroxyl groups excluding tert-OH is 1. The van der Waals surface area contributed by atoms with Gasteiger partial charge in [0.2, 0.25) is 0 Å². The van der Waals surface area contributed by atoms with E-state index in [-0.39, 0.29) is 12.2 Å². The number of alkyl halides is 3. The van der Waals surface area contributed by atoms with Crippen molar-refractivity contribution in [3.05, 3.63) is 59.4 Å². The van der Waals surface area contributed by atoms with Crippen LogP contribution in [0.1, 0.15) is 32.3 Å². The van der Waals surface area contributed by atoms with E-state index in [1.807, 2.05) is 13.8 Å². The minimum absolute atomic E-state index is 0.00261. The highest BCUT2D eigenvalue weighted by Gasteiger charge is 2.38. The lowest BCUT2D eigenvalue weighted by atomic mass is 10.1. The molecule has 0 saturated carbocycles. The van der Waals surface area contributed by atoms with Gasteiger partial charge >= 0.3 is 6.18 Å². The van der Waals surface area contributed by atoms with Crippen LogP contribution < -0.4 is 16.0 Å². The number of benzene rings is 1. The normalized spacial score (nSPS) is 16.0. The molecule has 0 unspecified atom stereocenters. The molecule has 0 amide bonds. The predicted molar refractivity (Wildman–Crippen MR) is 112 cm³/mol. The highest BCUT2D eigenvalue weighted by atomic mass is 19.4. The first-order valence-electron chi connectivity index (χ1n) is 10.0. The molecule has 2 aliphatic rings. The molecule has 1 saturated heterocycles. The van der Waals surface area contributed by atoms with Crippen LogP contribution in [0.25, 0.3) is 11.0 Å². The number of fused-ring (bicyclic) bond motifs is 1. The lowest BCUT2D eigenvalue weighted by Crippen LogP contribution is -2.31. The molecule has 4 N–H and O–H groups in total. The second kappa shape index (κ2) is 11.4. The third-order valence-electron chi connectivity index (χ3n) is 4.38. The minimum Gasteiger partial charge on any atom is -0.505 e. The largest absolute Gasteiger partial charge is 0.505 e. The van der Waals surface area contributed by atoms with Crippen molar-refractivity contribution in [1.29, 1.82) is 0 Å². The summed E-state index contributed by atoms with van der Waals surface area (Å²) in [5.74, 6) is -0.781. The molecule has 0 atom stereocenters. The fourth-order valence-corrected chi connectivity index (χ4v) is 2.88. The first-order chi connectivity index (χ1) is 14.4. The van der Waals surface area contributed by atoms with Crippen molar-refractivity contribution in [3.8, 4) is 0 Å². The van der Waals surface area contributed by atoms with Gasteiger partial charge in [-0.15, -0.1) is 0 Å². The van der Waals surface area contributed by atoms with E-state index in [9.17, 15) is 18.3 Å². The van der Waals surface area contributed by atoms with Crippen molar-refractivity contribution in [2.24, 2.45) is 0 Å². The van der Waals surface area contributed by atoms with E-state index < -0.39 is 24.1 Å². The van der Waals surface area contributed by atoms with Crippen LogP contribution in [-0.2, 0) is 6.54 Å². The number of dihydropyridines is 1. The van der Waals surface area contributed by atoms with Gasteiger partial charge < -0.3 is 21.1 Å². The quantitative estimate of drug-likeness (QED) is 0.599. The first-order valence-corrected chi connectivity index (χ1v) is 10.0. The Labute approximate surface area is 174 Å². The molecule has 0 spiro atoms. The summed E-state index contributed by atoms with van der Waals surface area (Å²) in [6, 6.07) is 5.37. The van der Waals surface area contributed by atoms with Crippen molar-refractivity contribution < 1.29 is 18.3 Å². The molecule has 3 heterocycles. The van der Waals surface area contributed by atoms with Gasteiger partial charge in [0.1, 0.15) is 5.76 Å². The second-order valence-corrected chi connectivity index (χ2v) is 6.45. The molecule has 6 nitrogen and oxygen atoms in total. The number of nitrogens with zero attached hydrogens (tertiary/aromatic N) is 2. The monoisotopic (exact) mass is 423 g/mol. The molecular weight excluding hydrogens is 395 g/mol.